The molecular weight excluding hydrogens is 248 g/mol. The third-order valence-electron chi connectivity index (χ3n) is 4.45. The number of rotatable bonds is 11. The summed E-state index contributed by atoms with van der Waals surface area (Å²) in [6, 6.07) is 0.440. The van der Waals surface area contributed by atoms with Crippen molar-refractivity contribution in [3.8, 4) is 0 Å². The number of ether oxygens (including phenoxy) is 1. The van der Waals surface area contributed by atoms with Gasteiger partial charge in [-0.2, -0.15) is 0 Å². The van der Waals surface area contributed by atoms with Crippen molar-refractivity contribution in [3.05, 3.63) is 0 Å². The van der Waals surface area contributed by atoms with Crippen LogP contribution in [0.15, 0.2) is 0 Å². The molecule has 3 unspecified atom stereocenters. The minimum Gasteiger partial charge on any atom is -0.377 e. The Hall–Kier alpha value is -0.120. The summed E-state index contributed by atoms with van der Waals surface area (Å²) in [4.78, 5) is 0. The second-order valence-electron chi connectivity index (χ2n) is 6.47. The van der Waals surface area contributed by atoms with Gasteiger partial charge >= 0.3 is 0 Å². The molecule has 0 amide bonds. The zero-order chi connectivity index (χ0) is 14.6. The molecule has 1 saturated carbocycles. The van der Waals surface area contributed by atoms with Crippen molar-refractivity contribution < 1.29 is 4.74 Å². The van der Waals surface area contributed by atoms with Gasteiger partial charge in [-0.05, 0) is 25.7 Å². The monoisotopic (exact) mass is 284 g/mol. The molecule has 1 aliphatic rings. The van der Waals surface area contributed by atoms with Crippen LogP contribution in [0.2, 0.25) is 0 Å². The molecule has 0 aromatic rings. The van der Waals surface area contributed by atoms with Crippen molar-refractivity contribution in [1.82, 2.24) is 0 Å². The van der Waals surface area contributed by atoms with E-state index in [1.165, 1.54) is 57.8 Å². The summed E-state index contributed by atoms with van der Waals surface area (Å²) in [5, 5.41) is 0. The first kappa shape index (κ1) is 17.9. The van der Waals surface area contributed by atoms with E-state index in [1.807, 2.05) is 0 Å². The van der Waals surface area contributed by atoms with Crippen LogP contribution >= 0.6 is 0 Å². The summed E-state index contributed by atoms with van der Waals surface area (Å²) >= 11 is 0. The third-order valence-corrected chi connectivity index (χ3v) is 4.45. The quantitative estimate of drug-likeness (QED) is 0.568. The van der Waals surface area contributed by atoms with E-state index >= 15 is 0 Å². The molecule has 0 heterocycles. The SMILES string of the molecule is CCCCCCCCCCCOC1CCC(N)CC1N. The largest absolute Gasteiger partial charge is 0.377 e. The Morgan fingerprint density at radius 1 is 0.850 bits per heavy atom. The molecule has 0 aromatic heterocycles. The Balaban J connectivity index is 1.85. The minimum atomic E-state index is 0.150. The molecule has 0 bridgehead atoms. The molecular formula is C17H36N2O. The first-order chi connectivity index (χ1) is 9.74. The highest BCUT2D eigenvalue weighted by molar-refractivity contribution is 4.85. The summed E-state index contributed by atoms with van der Waals surface area (Å²) in [7, 11) is 0. The Bertz CT molecular complexity index is 223. The molecule has 4 N–H and O–H groups in total. The van der Waals surface area contributed by atoms with E-state index in [9.17, 15) is 0 Å². The topological polar surface area (TPSA) is 61.3 Å². The molecule has 1 aliphatic carbocycles. The predicted molar refractivity (Wildman–Crippen MR) is 86.8 cm³/mol. The minimum absolute atomic E-state index is 0.150. The van der Waals surface area contributed by atoms with Crippen LogP contribution in [0.5, 0.6) is 0 Å². The van der Waals surface area contributed by atoms with Gasteiger partial charge in [0.2, 0.25) is 0 Å². The van der Waals surface area contributed by atoms with Crippen LogP contribution in [0.1, 0.15) is 84.0 Å². The second-order valence-corrected chi connectivity index (χ2v) is 6.47. The van der Waals surface area contributed by atoms with Crippen molar-refractivity contribution in [3.63, 3.8) is 0 Å². The Kier molecular flexibility index (Phi) is 10.3. The standard InChI is InChI=1S/C17H36N2O/c1-2-3-4-5-6-7-8-9-10-13-20-17-12-11-15(18)14-16(17)19/h15-17H,2-14,18-19H2,1H3. The highest BCUT2D eigenvalue weighted by atomic mass is 16.5. The van der Waals surface area contributed by atoms with E-state index in [0.29, 0.717) is 0 Å². The van der Waals surface area contributed by atoms with Gasteiger partial charge in [0.15, 0.2) is 0 Å². The molecule has 0 radical (unpaired) electrons. The maximum absolute atomic E-state index is 6.08. The van der Waals surface area contributed by atoms with Crippen molar-refractivity contribution in [1.29, 1.82) is 0 Å². The summed E-state index contributed by atoms with van der Waals surface area (Å²) in [5.41, 5.74) is 12.0. The molecule has 3 nitrogen and oxygen atoms in total. The number of hydrogen-bond donors (Lipinski definition) is 2. The van der Waals surface area contributed by atoms with Crippen LogP contribution < -0.4 is 11.5 Å². The predicted octanol–water partition coefficient (Wildman–Crippen LogP) is 3.74. The molecule has 1 fully saturated rings. The smallest absolute Gasteiger partial charge is 0.0727 e. The zero-order valence-corrected chi connectivity index (χ0v) is 13.5. The van der Waals surface area contributed by atoms with Crippen LogP contribution in [-0.2, 0) is 4.74 Å². The molecule has 0 saturated heterocycles. The molecule has 0 aliphatic heterocycles. The lowest BCUT2D eigenvalue weighted by molar-refractivity contribution is 0.00978. The van der Waals surface area contributed by atoms with Gasteiger partial charge in [0.05, 0.1) is 6.10 Å². The van der Waals surface area contributed by atoms with Crippen LogP contribution in [0.4, 0.5) is 0 Å². The maximum Gasteiger partial charge on any atom is 0.0727 e. The fourth-order valence-electron chi connectivity index (χ4n) is 3.07. The van der Waals surface area contributed by atoms with Gasteiger partial charge in [0.1, 0.15) is 0 Å². The zero-order valence-electron chi connectivity index (χ0n) is 13.5. The Labute approximate surface area is 125 Å². The van der Waals surface area contributed by atoms with Gasteiger partial charge in [0.25, 0.3) is 0 Å². The first-order valence-corrected chi connectivity index (χ1v) is 8.86. The summed E-state index contributed by atoms with van der Waals surface area (Å²) in [6.45, 7) is 3.15. The highest BCUT2D eigenvalue weighted by Gasteiger charge is 2.26. The van der Waals surface area contributed by atoms with Crippen LogP contribution in [0, 0.1) is 0 Å². The van der Waals surface area contributed by atoms with Crippen LogP contribution in [0.3, 0.4) is 0 Å². The number of unbranched alkanes of at least 4 members (excludes halogenated alkanes) is 8. The maximum atomic E-state index is 6.08. The van der Waals surface area contributed by atoms with Crippen molar-refractivity contribution in [2.45, 2.75) is 102 Å². The second kappa shape index (κ2) is 11.5. The average Bonchev–Trinajstić information content (AvgIpc) is 2.43. The van der Waals surface area contributed by atoms with E-state index in [1.54, 1.807) is 0 Å². The fourth-order valence-corrected chi connectivity index (χ4v) is 3.07. The fraction of sp³-hybridized carbons (Fsp3) is 1.00. The van der Waals surface area contributed by atoms with E-state index in [0.717, 1.165) is 25.9 Å². The molecule has 3 atom stereocenters. The van der Waals surface area contributed by atoms with E-state index < -0.39 is 0 Å². The van der Waals surface area contributed by atoms with Crippen molar-refractivity contribution >= 4 is 0 Å². The van der Waals surface area contributed by atoms with Gasteiger partial charge in [-0.25, -0.2) is 0 Å². The molecule has 0 aromatic carbocycles. The molecule has 120 valence electrons. The van der Waals surface area contributed by atoms with E-state index in [-0.39, 0.29) is 18.2 Å². The molecule has 3 heteroatoms. The molecule has 20 heavy (non-hydrogen) atoms. The average molecular weight is 284 g/mol. The normalized spacial score (nSPS) is 26.9. The van der Waals surface area contributed by atoms with Gasteiger partial charge < -0.3 is 16.2 Å². The van der Waals surface area contributed by atoms with Crippen molar-refractivity contribution in [2.24, 2.45) is 11.5 Å². The van der Waals surface area contributed by atoms with Gasteiger partial charge in [-0.1, -0.05) is 58.3 Å². The lowest BCUT2D eigenvalue weighted by atomic mass is 9.89. The number of hydrogen-bond acceptors (Lipinski definition) is 3. The summed E-state index contributed by atoms with van der Waals surface area (Å²) in [5.74, 6) is 0. The van der Waals surface area contributed by atoms with Gasteiger partial charge in [-0.3, -0.25) is 0 Å². The van der Waals surface area contributed by atoms with E-state index in [2.05, 4.69) is 6.92 Å². The van der Waals surface area contributed by atoms with Gasteiger partial charge in [-0.15, -0.1) is 0 Å². The van der Waals surface area contributed by atoms with Crippen LogP contribution in [-0.4, -0.2) is 24.8 Å². The molecule has 1 rings (SSSR count). The lowest BCUT2D eigenvalue weighted by Crippen LogP contribution is -2.46. The number of nitrogens with two attached hydrogens (primary N) is 2. The Morgan fingerprint density at radius 2 is 1.45 bits per heavy atom. The lowest BCUT2D eigenvalue weighted by Gasteiger charge is -2.32. The summed E-state index contributed by atoms with van der Waals surface area (Å²) in [6.07, 6.45) is 15.5. The third kappa shape index (κ3) is 8.23. The first-order valence-electron chi connectivity index (χ1n) is 8.86. The van der Waals surface area contributed by atoms with Gasteiger partial charge in [0, 0.05) is 18.7 Å². The highest BCUT2D eigenvalue weighted by Crippen LogP contribution is 2.19. The Morgan fingerprint density at radius 3 is 2.05 bits per heavy atom. The van der Waals surface area contributed by atoms with Crippen LogP contribution in [0.25, 0.3) is 0 Å². The van der Waals surface area contributed by atoms with E-state index in [4.69, 9.17) is 16.2 Å². The molecule has 0 spiro atoms. The summed E-state index contributed by atoms with van der Waals surface area (Å²) < 4.78 is 5.92. The van der Waals surface area contributed by atoms with Crippen molar-refractivity contribution in [2.75, 3.05) is 6.61 Å².